The van der Waals surface area contributed by atoms with E-state index in [1.165, 1.54) is 6.92 Å². The first-order chi connectivity index (χ1) is 13.1. The van der Waals surface area contributed by atoms with Crippen LogP contribution in [0.2, 0.25) is 0 Å². The van der Waals surface area contributed by atoms with Crippen molar-refractivity contribution >= 4 is 23.2 Å². The molecule has 1 saturated heterocycles. The number of aliphatic hydroxyl groups is 1. The Balaban J connectivity index is 2.01. The van der Waals surface area contributed by atoms with Crippen LogP contribution in [0.4, 0.5) is 0 Å². The van der Waals surface area contributed by atoms with Crippen LogP contribution in [0.5, 0.6) is 5.88 Å². The Morgan fingerprint density at radius 1 is 1.45 bits per heavy atom. The number of hydrogen-bond acceptors (Lipinski definition) is 12. The zero-order valence-corrected chi connectivity index (χ0v) is 17.3. The minimum Gasteiger partial charge on any atom is -0.858 e. The van der Waals surface area contributed by atoms with E-state index >= 15 is 0 Å². The minimum atomic E-state index is -5.49. The van der Waals surface area contributed by atoms with Crippen LogP contribution in [0.3, 0.4) is 0 Å². The molecule has 2 heterocycles. The highest BCUT2D eigenvalue weighted by atomic mass is 31.3. The molecule has 0 amide bonds. The number of ether oxygens (including phenoxy) is 1. The Hall–Kier alpha value is -0.790. The highest BCUT2D eigenvalue weighted by Gasteiger charge is 2.37. The number of aromatic nitrogens is 2. The fourth-order valence-electron chi connectivity index (χ4n) is 2.47. The van der Waals surface area contributed by atoms with Crippen molar-refractivity contribution < 1.29 is 53.1 Å². The summed E-state index contributed by atoms with van der Waals surface area (Å²) in [5.74, 6) is -2.51. The molecule has 1 aliphatic heterocycles. The van der Waals surface area contributed by atoms with E-state index in [-0.39, 0.29) is 12.0 Å². The quantitative estimate of drug-likeness (QED) is 0.299. The van der Waals surface area contributed by atoms with Gasteiger partial charge in [0, 0.05) is 12.6 Å². The average molecular weight is 475 g/mol. The van der Waals surface area contributed by atoms with Gasteiger partial charge in [-0.25, -0.2) is 9.78 Å². The predicted octanol–water partition coefficient (Wildman–Crippen LogP) is -4.67. The number of aliphatic hydroxyl groups excluding tert-OH is 1. The zero-order valence-electron chi connectivity index (χ0n) is 14.6. The highest BCUT2D eigenvalue weighted by Crippen LogP contribution is 2.56. The maximum atomic E-state index is 11.8. The van der Waals surface area contributed by atoms with Crippen LogP contribution in [0, 0.1) is 6.92 Å². The fourth-order valence-corrected chi connectivity index (χ4v) is 7.36. The Kier molecular flexibility index (Phi) is 7.39. The second-order valence-corrected chi connectivity index (χ2v) is 12.0. The van der Waals surface area contributed by atoms with E-state index < -0.39 is 65.7 Å². The predicted molar refractivity (Wildman–Crippen MR) is 85.5 cm³/mol. The van der Waals surface area contributed by atoms with Gasteiger partial charge in [0.2, 0.25) is 7.75 Å². The second-order valence-electron chi connectivity index (χ2n) is 6.19. The van der Waals surface area contributed by atoms with Crippen LogP contribution in [0.25, 0.3) is 0 Å². The first-order valence-electron chi connectivity index (χ1n) is 7.77. The summed E-state index contributed by atoms with van der Waals surface area (Å²) >= 11 is 0. The van der Waals surface area contributed by atoms with E-state index in [2.05, 4.69) is 9.51 Å². The number of aryl methyl sites for hydroxylation is 1. The molecule has 29 heavy (non-hydrogen) atoms. The lowest BCUT2D eigenvalue weighted by molar-refractivity contribution is -0.311. The number of nitrogens with one attached hydrogen (secondary N) is 1. The third kappa shape index (κ3) is 7.14. The summed E-state index contributed by atoms with van der Waals surface area (Å²) in [4.78, 5) is 69.5. The Morgan fingerprint density at radius 2 is 2.07 bits per heavy atom. The number of hydrogen-bond donors (Lipinski definition) is 3. The van der Waals surface area contributed by atoms with Crippen LogP contribution in [-0.2, 0) is 18.4 Å². The van der Waals surface area contributed by atoms with Crippen molar-refractivity contribution in [1.82, 2.24) is 14.4 Å². The molecule has 5 atom stereocenters. The molecule has 0 aromatic carbocycles. The monoisotopic (exact) mass is 475 g/mol. The van der Waals surface area contributed by atoms with Crippen molar-refractivity contribution in [1.29, 1.82) is 0 Å². The van der Waals surface area contributed by atoms with Crippen molar-refractivity contribution in [3.05, 3.63) is 22.2 Å². The van der Waals surface area contributed by atoms with Crippen LogP contribution in [-0.4, -0.2) is 44.3 Å². The maximum Gasteiger partial charge on any atom is 0.349 e. The lowest BCUT2D eigenvalue weighted by atomic mass is 10.2. The van der Waals surface area contributed by atoms with E-state index in [9.17, 15) is 43.7 Å². The molecule has 0 aliphatic carbocycles. The van der Waals surface area contributed by atoms with Crippen molar-refractivity contribution in [2.24, 2.45) is 0 Å². The molecule has 0 bridgehead atoms. The third-order valence-electron chi connectivity index (χ3n) is 3.68. The summed E-state index contributed by atoms with van der Waals surface area (Å²) in [5.41, 5.74) is -0.817. The molecule has 0 spiro atoms. The van der Waals surface area contributed by atoms with Gasteiger partial charge in [0.1, 0.15) is 18.2 Å². The number of nitrogens with zero attached hydrogens (tertiary/aromatic N) is 2. The summed E-state index contributed by atoms with van der Waals surface area (Å²) in [6.07, 6.45) is -2.70. The van der Waals surface area contributed by atoms with Crippen LogP contribution < -0.4 is 35.2 Å². The van der Waals surface area contributed by atoms with Gasteiger partial charge >= 0.3 is 5.69 Å². The van der Waals surface area contributed by atoms with Crippen molar-refractivity contribution in [2.75, 3.05) is 12.5 Å². The largest absolute Gasteiger partial charge is 0.858 e. The van der Waals surface area contributed by atoms with Gasteiger partial charge in [-0.2, -0.15) is 0 Å². The first-order valence-corrected chi connectivity index (χ1v) is 12.9. The summed E-state index contributed by atoms with van der Waals surface area (Å²) in [6.45, 7) is 0.556. The molecule has 2 rings (SSSR count). The van der Waals surface area contributed by atoms with E-state index in [0.717, 1.165) is 15.6 Å². The van der Waals surface area contributed by atoms with Gasteiger partial charge in [-0.15, -0.1) is 4.86 Å². The van der Waals surface area contributed by atoms with Gasteiger partial charge < -0.3 is 48.5 Å². The summed E-state index contributed by atoms with van der Waals surface area (Å²) in [5, 5.41) is 21.3. The van der Waals surface area contributed by atoms with E-state index in [1.54, 1.807) is 0 Å². The lowest BCUT2D eigenvalue weighted by Gasteiger charge is -2.42. The maximum absolute atomic E-state index is 11.8. The van der Waals surface area contributed by atoms with Crippen LogP contribution in [0.15, 0.2) is 11.0 Å². The van der Waals surface area contributed by atoms with E-state index in [4.69, 9.17) is 9.63 Å². The molecule has 1 aromatic heterocycles. The molecule has 0 radical (unpaired) electrons. The van der Waals surface area contributed by atoms with Gasteiger partial charge in [0.25, 0.3) is 0 Å². The van der Waals surface area contributed by atoms with E-state index in [1.807, 2.05) is 0 Å². The Bertz CT molecular complexity index is 901. The van der Waals surface area contributed by atoms with Gasteiger partial charge in [0.15, 0.2) is 7.60 Å². The molecule has 166 valence electrons. The van der Waals surface area contributed by atoms with Gasteiger partial charge in [-0.3, -0.25) is 9.13 Å². The molecule has 1 aliphatic rings. The topological polar surface area (TPSA) is 255 Å². The molecule has 1 aromatic rings. The first kappa shape index (κ1) is 24.5. The highest BCUT2D eigenvalue weighted by molar-refractivity contribution is 7.78. The lowest BCUT2D eigenvalue weighted by Crippen LogP contribution is -2.38. The van der Waals surface area contributed by atoms with Crippen molar-refractivity contribution in [2.45, 2.75) is 31.8 Å². The van der Waals surface area contributed by atoms with E-state index in [0.29, 0.717) is 0 Å². The molecule has 18 heteroatoms. The zero-order chi connectivity index (χ0) is 22.2. The van der Waals surface area contributed by atoms with Crippen LogP contribution in [0.1, 0.15) is 18.2 Å². The molecular weight excluding hydrogens is 459 g/mol. The average Bonchev–Trinajstić information content (AvgIpc) is 2.86. The Morgan fingerprint density at radius 3 is 2.66 bits per heavy atom. The number of rotatable bonds is 8. The summed E-state index contributed by atoms with van der Waals surface area (Å²) < 4.78 is 33.0. The normalized spacial score (nSPS) is 26.8. The van der Waals surface area contributed by atoms with Gasteiger partial charge in [-0.1, -0.05) is 0 Å². The van der Waals surface area contributed by atoms with Crippen LogP contribution >= 0.6 is 23.2 Å². The molecular formula is C11H16N3O12P3-4. The third-order valence-corrected chi connectivity index (χ3v) is 9.32. The SMILES string of the molecule is Cc1cn([C@H]2C[C@H](O)[C@@H](COP(=O)([O-])C[P+]([O-])([O-])NP(=O)([O-])O)O2)c(=O)nc1[O-]. The molecule has 15 nitrogen and oxygen atoms in total. The molecule has 3 N–H and O–H groups in total. The molecule has 2 unspecified atom stereocenters. The summed E-state index contributed by atoms with van der Waals surface area (Å²) in [7, 11) is -16.0. The Labute approximate surface area is 163 Å². The molecule has 1 fully saturated rings. The summed E-state index contributed by atoms with van der Waals surface area (Å²) in [6, 6.07) is 0. The van der Waals surface area contributed by atoms with Gasteiger partial charge in [-0.05, 0) is 26.2 Å². The smallest absolute Gasteiger partial charge is 0.349 e. The molecule has 0 saturated carbocycles. The van der Waals surface area contributed by atoms with Crippen molar-refractivity contribution in [3.8, 4) is 5.88 Å². The fraction of sp³-hybridized carbons (Fsp3) is 0.636. The second kappa shape index (κ2) is 8.75. The van der Waals surface area contributed by atoms with Gasteiger partial charge in [0.05, 0.1) is 12.7 Å². The van der Waals surface area contributed by atoms with Crippen molar-refractivity contribution in [3.63, 3.8) is 0 Å². The standard InChI is InChI=1S/C11H20N3O12P3/c1-6-3-14(11(17)12-10(6)16)9-2-7(15)8(26-9)4-25-28(20,21)5-27(18,19)13-29(22,23)24/h3,7-9,15H,2,4-5H2,1H3,(H,20,21)(H,12,16,17)(H4,13,18,19,22,23,24)/p-4/t7-,8+,9+/m0/s1. The minimum absolute atomic E-state index is 0.129.